The van der Waals surface area contributed by atoms with E-state index in [1.165, 1.54) is 0 Å². The molecule has 0 nitrogen and oxygen atoms in total. The molecule has 0 aliphatic rings. The highest BCUT2D eigenvalue weighted by molar-refractivity contribution is 6.66. The largest absolute Gasteiger partial charge is 0.333 e. The van der Waals surface area contributed by atoms with E-state index in [0.717, 1.165) is 5.54 Å². The van der Waals surface area contributed by atoms with Gasteiger partial charge in [0.2, 0.25) is 0 Å². The predicted octanol–water partition coefficient (Wildman–Crippen LogP) is 6.81. The van der Waals surface area contributed by atoms with E-state index in [4.69, 9.17) is 69.6 Å². The van der Waals surface area contributed by atoms with Crippen molar-refractivity contribution in [3.63, 3.8) is 0 Å². The molecule has 0 atom stereocenters. The number of hydrogen-bond acceptors (Lipinski definition) is 0. The van der Waals surface area contributed by atoms with Crippen LogP contribution in [0.2, 0.25) is 0 Å². The molecular weight excluding hydrogens is 398 g/mol. The van der Waals surface area contributed by atoms with E-state index in [0.29, 0.717) is 5.88 Å². The zero-order valence-electron chi connectivity index (χ0n) is 6.64. The highest BCUT2D eigenvalue weighted by Crippen LogP contribution is 2.26. The molecule has 0 heterocycles. The van der Waals surface area contributed by atoms with Gasteiger partial charge < -0.3 is 0 Å². The van der Waals surface area contributed by atoms with Gasteiger partial charge in [-0.3, -0.25) is 0 Å². The Kier molecular flexibility index (Phi) is 21.5. The lowest BCUT2D eigenvalue weighted by Crippen LogP contribution is -1.83. The van der Waals surface area contributed by atoms with Gasteiger partial charge in [-0.2, -0.15) is 4.39 Å². The van der Waals surface area contributed by atoms with Crippen LogP contribution in [0.25, 0.3) is 0 Å². The molecule has 0 saturated carbocycles. The summed E-state index contributed by atoms with van der Waals surface area (Å²) in [5.41, 5.74) is 1.09. The Morgan fingerprint density at radius 1 is 1.20 bits per heavy atom. The molecule has 0 rings (SSSR count). The van der Waals surface area contributed by atoms with E-state index in [9.17, 15) is 4.39 Å². The van der Waals surface area contributed by atoms with Crippen molar-refractivity contribution in [1.82, 2.24) is 0 Å². The molecule has 0 aliphatic heterocycles. The van der Waals surface area contributed by atoms with Crippen molar-refractivity contribution in [3.05, 3.63) is 10.0 Å². The van der Waals surface area contributed by atoms with Gasteiger partial charge in [0.1, 0.15) is 9.33 Å². The number of rotatable bonds is 1. The smallest absolute Gasteiger partial charge is 0.189 e. The number of hydrogen-bond donors (Lipinski definition) is 0. The van der Waals surface area contributed by atoms with Gasteiger partial charge >= 0.3 is 4.05 Å². The van der Waals surface area contributed by atoms with Crippen LogP contribution in [0.4, 0.5) is 4.39 Å². The zero-order chi connectivity index (χ0) is 13.1. The number of halogens is 10. The Morgan fingerprint density at radius 3 is 1.33 bits per heavy atom. The minimum atomic E-state index is -2.58. The van der Waals surface area contributed by atoms with E-state index < -0.39 is 8.88 Å². The quantitative estimate of drug-likeness (QED) is 0.423. The second kappa shape index (κ2) is 14.3. The van der Waals surface area contributed by atoms with Gasteiger partial charge in [0.15, 0.2) is 0 Å². The van der Waals surface area contributed by atoms with Crippen LogP contribution in [0, 0.1) is 0 Å². The van der Waals surface area contributed by atoms with Gasteiger partial charge in [-0.25, -0.2) is 0 Å². The van der Waals surface area contributed by atoms with Crippen LogP contribution < -0.4 is 0 Å². The van der Waals surface area contributed by atoms with E-state index in [1.807, 2.05) is 0 Å². The summed E-state index contributed by atoms with van der Waals surface area (Å²) < 4.78 is 8.49. The third kappa shape index (κ3) is 84.2. The molecule has 10 heteroatoms. The number of alkyl halides is 7. The van der Waals surface area contributed by atoms with Crippen LogP contribution in [-0.2, 0) is 0 Å². The van der Waals surface area contributed by atoms with Crippen LogP contribution in [0.1, 0.15) is 0 Å². The summed E-state index contributed by atoms with van der Waals surface area (Å²) in [6.07, 6.45) is 0. The molecule has 0 N–H and O–H groups in total. The lowest BCUT2D eigenvalue weighted by molar-refractivity contribution is 0.507. The Balaban J connectivity index is -0.000000144. The van der Waals surface area contributed by atoms with Gasteiger partial charge in [0.25, 0.3) is 0 Å². The molecule has 94 valence electrons. The maximum atomic E-state index is 11.0. The third-order valence-electron chi connectivity index (χ3n) is 0.199. The lowest BCUT2D eigenvalue weighted by atomic mass is 10.9. The molecule has 0 aromatic carbocycles. The van der Waals surface area contributed by atoms with Crippen LogP contribution in [-0.4, -0.2) is 14.8 Å². The van der Waals surface area contributed by atoms with Crippen LogP contribution >= 0.6 is 104 Å². The van der Waals surface area contributed by atoms with Gasteiger partial charge in [0, 0.05) is 5.54 Å². The summed E-state index contributed by atoms with van der Waals surface area (Å²) in [5.74, 6) is 0.309. The molecule has 0 amide bonds. The summed E-state index contributed by atoms with van der Waals surface area (Å²) in [5, 5.41) is 0. The first kappa shape index (κ1) is 22.5. The third-order valence-corrected chi connectivity index (χ3v) is 1.79. The average molecular weight is 402 g/mol. The van der Waals surface area contributed by atoms with E-state index in [2.05, 4.69) is 34.8 Å². The molecule has 0 aromatic heterocycles. The second-order valence-corrected chi connectivity index (χ2v) is 6.33. The predicted molar refractivity (Wildman–Crippen MR) is 73.3 cm³/mol. The SMILES string of the molecule is ClC=C(Cl)Cl.ClCC(Cl)Cl.FC(Cl)(Cl)Cl. The molecule has 0 aromatic rings. The van der Waals surface area contributed by atoms with Crippen molar-refractivity contribution < 1.29 is 4.39 Å². The first-order chi connectivity index (χ1) is 6.54. The molecule has 0 fully saturated rings. The highest BCUT2D eigenvalue weighted by atomic mass is 35.6. The molecule has 0 aliphatic carbocycles. The van der Waals surface area contributed by atoms with E-state index >= 15 is 0 Å². The topological polar surface area (TPSA) is 0 Å². The fourth-order valence-corrected chi connectivity index (χ4v) is 0. The van der Waals surface area contributed by atoms with Crippen molar-refractivity contribution in [2.45, 2.75) is 8.88 Å². The molecule has 0 saturated heterocycles. The normalized spacial score (nSPS) is 9.53. The highest BCUT2D eigenvalue weighted by Gasteiger charge is 2.14. The van der Waals surface area contributed by atoms with Crippen molar-refractivity contribution in [2.24, 2.45) is 0 Å². The maximum Gasteiger partial charge on any atom is 0.333 e. The van der Waals surface area contributed by atoms with Crippen molar-refractivity contribution in [1.29, 1.82) is 0 Å². The maximum absolute atomic E-state index is 11.0. The summed E-state index contributed by atoms with van der Waals surface area (Å²) >= 11 is 43.3. The lowest BCUT2D eigenvalue weighted by Gasteiger charge is -1.89. The van der Waals surface area contributed by atoms with E-state index in [1.54, 1.807) is 0 Å². The summed E-state index contributed by atoms with van der Waals surface area (Å²) in [6.45, 7) is 0. The van der Waals surface area contributed by atoms with Gasteiger partial charge in [-0.1, -0.05) is 34.8 Å². The fraction of sp³-hybridized carbons (Fsp3) is 0.600. The van der Waals surface area contributed by atoms with Gasteiger partial charge in [-0.15, -0.1) is 34.8 Å². The van der Waals surface area contributed by atoms with Crippen LogP contribution in [0.5, 0.6) is 0 Å². The molecule has 0 unspecified atom stereocenters. The standard InChI is InChI=1S/C2H3Cl3.C2HCl3.CCl3F/c2*3-1-2(4)5;2-1(3,4)5/h2H,1H2;1H;. The van der Waals surface area contributed by atoms with Gasteiger partial charge in [-0.05, 0) is 34.8 Å². The molecule has 0 radical (unpaired) electrons. The van der Waals surface area contributed by atoms with Gasteiger partial charge in [0.05, 0.1) is 5.88 Å². The first-order valence-corrected chi connectivity index (χ1v) is 6.49. The summed E-state index contributed by atoms with van der Waals surface area (Å²) in [7, 11) is 0. The minimum Gasteiger partial charge on any atom is -0.189 e. The molecule has 15 heavy (non-hydrogen) atoms. The summed E-state index contributed by atoms with van der Waals surface area (Å²) in [6, 6.07) is 0. The molecule has 0 bridgehead atoms. The second-order valence-electron chi connectivity index (χ2n) is 1.37. The van der Waals surface area contributed by atoms with E-state index in [-0.39, 0.29) is 4.49 Å². The summed E-state index contributed by atoms with van der Waals surface area (Å²) in [4.78, 5) is -0.406. The first-order valence-electron chi connectivity index (χ1n) is 2.75. The Morgan fingerprint density at radius 2 is 1.33 bits per heavy atom. The monoisotopic (exact) mass is 398 g/mol. The molecular formula is C5H4Cl9F. The Labute approximate surface area is 132 Å². The Bertz CT molecular complexity index is 141. The van der Waals surface area contributed by atoms with Crippen molar-refractivity contribution >= 4 is 104 Å². The molecule has 0 spiro atoms. The van der Waals surface area contributed by atoms with Crippen LogP contribution in [0.3, 0.4) is 0 Å². The van der Waals surface area contributed by atoms with Crippen LogP contribution in [0.15, 0.2) is 10.0 Å². The Hall–Kier alpha value is 2.28. The van der Waals surface area contributed by atoms with Crippen molar-refractivity contribution in [3.8, 4) is 0 Å². The average Bonchev–Trinajstić information content (AvgIpc) is 2.02. The minimum absolute atomic E-state index is 0.0895. The zero-order valence-corrected chi connectivity index (χ0v) is 13.4. The van der Waals surface area contributed by atoms with Crippen molar-refractivity contribution in [2.75, 3.05) is 5.88 Å². The fourth-order valence-electron chi connectivity index (χ4n) is 0.